The molecule has 3 rings (SSSR count). The van der Waals surface area contributed by atoms with Crippen molar-refractivity contribution in [1.29, 1.82) is 0 Å². The van der Waals surface area contributed by atoms with Crippen molar-refractivity contribution in [3.63, 3.8) is 0 Å². The number of aromatic nitrogens is 3. The van der Waals surface area contributed by atoms with Crippen LogP contribution in [0, 0.1) is 5.82 Å². The zero-order valence-corrected chi connectivity index (χ0v) is 14.9. The molecule has 0 fully saturated rings. The van der Waals surface area contributed by atoms with Crippen molar-refractivity contribution >= 4 is 23.3 Å². The van der Waals surface area contributed by atoms with E-state index in [0.29, 0.717) is 29.6 Å². The zero-order chi connectivity index (χ0) is 18.7. The summed E-state index contributed by atoms with van der Waals surface area (Å²) < 4.78 is 20.1. The summed E-state index contributed by atoms with van der Waals surface area (Å²) in [6, 6.07) is 9.00. The maximum Gasteiger partial charge on any atom is 0.277 e. The number of carbonyl (C=O) groups excluding carboxylic acids is 1. The number of ether oxygens (including phenoxy) is 1. The predicted molar refractivity (Wildman–Crippen MR) is 97.0 cm³/mol. The van der Waals surface area contributed by atoms with E-state index in [-0.39, 0.29) is 16.5 Å². The summed E-state index contributed by atoms with van der Waals surface area (Å²) in [4.78, 5) is 21.1. The van der Waals surface area contributed by atoms with Gasteiger partial charge in [0.2, 0.25) is 5.88 Å². The Bertz CT molecular complexity index is 941. The van der Waals surface area contributed by atoms with E-state index in [1.807, 2.05) is 6.92 Å². The van der Waals surface area contributed by atoms with Crippen LogP contribution in [0.15, 0.2) is 42.7 Å². The average molecular weight is 375 g/mol. The maximum atomic E-state index is 13.2. The number of hydrogen-bond acceptors (Lipinski definition) is 4. The average Bonchev–Trinajstić information content (AvgIpc) is 2.98. The fourth-order valence-electron chi connectivity index (χ4n) is 2.38. The number of aryl methyl sites for hydroxylation is 1. The summed E-state index contributed by atoms with van der Waals surface area (Å²) >= 11 is 6.10. The fraction of sp³-hybridized carbons (Fsp3) is 0.167. The number of imidazole rings is 1. The minimum atomic E-state index is -0.497. The first-order valence-electron chi connectivity index (χ1n) is 7.87. The Balaban J connectivity index is 1.92. The monoisotopic (exact) mass is 374 g/mol. The fourth-order valence-corrected chi connectivity index (χ4v) is 2.57. The largest absolute Gasteiger partial charge is 0.478 e. The van der Waals surface area contributed by atoms with E-state index in [4.69, 9.17) is 16.3 Å². The Labute approximate surface area is 154 Å². The second-order valence-electron chi connectivity index (χ2n) is 5.43. The van der Waals surface area contributed by atoms with Gasteiger partial charge < -0.3 is 14.6 Å². The van der Waals surface area contributed by atoms with Crippen molar-refractivity contribution in [2.75, 3.05) is 11.9 Å². The van der Waals surface area contributed by atoms with E-state index in [1.165, 1.54) is 12.1 Å². The topological polar surface area (TPSA) is 69.0 Å². The molecule has 0 atom stereocenters. The van der Waals surface area contributed by atoms with Gasteiger partial charge in [0.1, 0.15) is 17.3 Å². The summed E-state index contributed by atoms with van der Waals surface area (Å²) in [7, 11) is 1.74. The van der Waals surface area contributed by atoms with Crippen molar-refractivity contribution in [1.82, 2.24) is 14.5 Å². The second kappa shape index (κ2) is 7.53. The lowest BCUT2D eigenvalue weighted by molar-refractivity contribution is 0.102. The summed E-state index contributed by atoms with van der Waals surface area (Å²) in [5.41, 5.74) is 1.23. The van der Waals surface area contributed by atoms with Crippen LogP contribution in [-0.4, -0.2) is 27.0 Å². The highest BCUT2D eigenvalue weighted by Gasteiger charge is 2.19. The number of halogens is 2. The number of nitrogens with zero attached hydrogens (tertiary/aromatic N) is 3. The molecular weight excluding hydrogens is 359 g/mol. The van der Waals surface area contributed by atoms with Crippen LogP contribution in [0.25, 0.3) is 11.3 Å². The van der Waals surface area contributed by atoms with Gasteiger partial charge in [-0.25, -0.2) is 14.4 Å². The summed E-state index contributed by atoms with van der Waals surface area (Å²) in [5, 5.41) is 2.97. The first-order chi connectivity index (χ1) is 12.5. The van der Waals surface area contributed by atoms with Crippen LogP contribution in [-0.2, 0) is 7.05 Å². The molecule has 26 heavy (non-hydrogen) atoms. The molecule has 2 heterocycles. The van der Waals surface area contributed by atoms with Crippen LogP contribution in [0.2, 0.25) is 5.02 Å². The van der Waals surface area contributed by atoms with Crippen LogP contribution >= 0.6 is 11.6 Å². The highest BCUT2D eigenvalue weighted by Crippen LogP contribution is 2.27. The third-order valence-electron chi connectivity index (χ3n) is 3.61. The number of benzene rings is 1. The molecule has 1 amide bonds. The Morgan fingerprint density at radius 2 is 2.00 bits per heavy atom. The molecule has 1 aromatic carbocycles. The van der Waals surface area contributed by atoms with E-state index < -0.39 is 5.91 Å². The van der Waals surface area contributed by atoms with Crippen LogP contribution in [0.1, 0.15) is 17.4 Å². The molecule has 3 aromatic rings. The molecule has 0 radical (unpaired) electrons. The number of carbonyl (C=O) groups is 1. The van der Waals surface area contributed by atoms with Gasteiger partial charge in [-0.3, -0.25) is 4.79 Å². The molecule has 6 nitrogen and oxygen atoms in total. The molecule has 0 aliphatic rings. The van der Waals surface area contributed by atoms with Gasteiger partial charge >= 0.3 is 0 Å². The van der Waals surface area contributed by atoms with Gasteiger partial charge in [-0.05, 0) is 37.3 Å². The number of hydrogen-bond donors (Lipinski definition) is 1. The minimum absolute atomic E-state index is 0.0453. The molecule has 1 N–H and O–H groups in total. The molecule has 8 heteroatoms. The van der Waals surface area contributed by atoms with Crippen molar-refractivity contribution in [3.05, 3.63) is 59.3 Å². The molecule has 0 spiro atoms. The zero-order valence-electron chi connectivity index (χ0n) is 14.2. The molecule has 2 aromatic heterocycles. The van der Waals surface area contributed by atoms with Crippen molar-refractivity contribution in [2.24, 2.45) is 7.05 Å². The molecule has 134 valence electrons. The van der Waals surface area contributed by atoms with Crippen molar-refractivity contribution in [3.8, 4) is 17.1 Å². The summed E-state index contributed by atoms with van der Waals surface area (Å²) in [5.74, 6) is -0.0883. The number of amides is 1. The maximum absolute atomic E-state index is 13.2. The lowest BCUT2D eigenvalue weighted by atomic mass is 10.1. The highest BCUT2D eigenvalue weighted by molar-refractivity contribution is 6.34. The quantitative estimate of drug-likeness (QED) is 0.734. The molecule has 0 saturated carbocycles. The van der Waals surface area contributed by atoms with E-state index >= 15 is 0 Å². The highest BCUT2D eigenvalue weighted by atomic mass is 35.5. The number of rotatable bonds is 5. The van der Waals surface area contributed by atoms with E-state index in [2.05, 4.69) is 15.3 Å². The molecule has 0 aliphatic heterocycles. The standard InChI is InChI=1S/C18H16ClFN4O2/c1-3-26-14-9-8-13(19)16(22-14)18(25)23-17-15(21-10-24(17)2)11-4-6-12(20)7-5-11/h4-10H,3H2,1-2H3,(H,23,25). The Hall–Kier alpha value is -2.93. The Morgan fingerprint density at radius 1 is 1.27 bits per heavy atom. The van der Waals surface area contributed by atoms with Crippen molar-refractivity contribution < 1.29 is 13.9 Å². The van der Waals surface area contributed by atoms with Gasteiger partial charge in [-0.15, -0.1) is 0 Å². The first-order valence-corrected chi connectivity index (χ1v) is 8.25. The van der Waals surface area contributed by atoms with Gasteiger partial charge in [0, 0.05) is 18.7 Å². The van der Waals surface area contributed by atoms with Crippen LogP contribution in [0.4, 0.5) is 10.2 Å². The summed E-state index contributed by atoms with van der Waals surface area (Å²) in [6.45, 7) is 2.24. The van der Waals surface area contributed by atoms with Gasteiger partial charge in [-0.1, -0.05) is 11.6 Å². The number of pyridine rings is 1. The third-order valence-corrected chi connectivity index (χ3v) is 3.92. The normalized spacial score (nSPS) is 10.6. The Morgan fingerprint density at radius 3 is 2.69 bits per heavy atom. The van der Waals surface area contributed by atoms with Crippen LogP contribution in [0.5, 0.6) is 5.88 Å². The lowest BCUT2D eigenvalue weighted by Gasteiger charge is -2.10. The van der Waals surface area contributed by atoms with Gasteiger partial charge in [-0.2, -0.15) is 0 Å². The molecule has 0 aliphatic carbocycles. The minimum Gasteiger partial charge on any atom is -0.478 e. The van der Waals surface area contributed by atoms with Gasteiger partial charge in [0.05, 0.1) is 18.0 Å². The van der Waals surface area contributed by atoms with Crippen molar-refractivity contribution in [2.45, 2.75) is 6.92 Å². The summed E-state index contributed by atoms with van der Waals surface area (Å²) in [6.07, 6.45) is 1.56. The lowest BCUT2D eigenvalue weighted by Crippen LogP contribution is -2.17. The van der Waals surface area contributed by atoms with E-state index in [9.17, 15) is 9.18 Å². The van der Waals surface area contributed by atoms with Crippen LogP contribution in [0.3, 0.4) is 0 Å². The second-order valence-corrected chi connectivity index (χ2v) is 5.83. The SMILES string of the molecule is CCOc1ccc(Cl)c(C(=O)Nc2c(-c3ccc(F)cc3)ncn2C)n1. The van der Waals surface area contributed by atoms with E-state index in [1.54, 1.807) is 42.2 Å². The predicted octanol–water partition coefficient (Wildman–Crippen LogP) is 3.93. The van der Waals surface area contributed by atoms with E-state index in [0.717, 1.165) is 0 Å². The van der Waals surface area contributed by atoms with Crippen LogP contribution < -0.4 is 10.1 Å². The molecule has 0 saturated heterocycles. The first kappa shape index (κ1) is 17.9. The third kappa shape index (κ3) is 3.67. The number of nitrogens with one attached hydrogen (secondary N) is 1. The molecular formula is C18H16ClFN4O2. The van der Waals surface area contributed by atoms with Gasteiger partial charge in [0.15, 0.2) is 5.69 Å². The molecule has 0 unspecified atom stereocenters. The molecule has 0 bridgehead atoms. The Kier molecular flexibility index (Phi) is 5.18. The smallest absolute Gasteiger partial charge is 0.277 e. The number of anilines is 1. The van der Waals surface area contributed by atoms with Gasteiger partial charge in [0.25, 0.3) is 5.91 Å².